The van der Waals surface area contributed by atoms with Gasteiger partial charge in [0.05, 0.1) is 0 Å². The largest absolute Gasteiger partial charge is 0.310 e. The van der Waals surface area contributed by atoms with Gasteiger partial charge in [-0.05, 0) is 6.42 Å². The first-order valence-corrected chi connectivity index (χ1v) is 4.82. The van der Waals surface area contributed by atoms with Crippen molar-refractivity contribution < 1.29 is 4.79 Å². The van der Waals surface area contributed by atoms with Crippen molar-refractivity contribution in [2.24, 2.45) is 0 Å². The average molecular weight is 191 g/mol. The molecule has 0 atom stereocenters. The number of aryl methyl sites for hydroxylation is 1. The van der Waals surface area contributed by atoms with Crippen LogP contribution in [-0.4, -0.2) is 15.9 Å². The lowest BCUT2D eigenvalue weighted by Gasteiger charge is -2.16. The molecule has 4 nitrogen and oxygen atoms in total. The normalized spacial score (nSPS) is 15.2. The Labute approximate surface area is 82.8 Å². The van der Waals surface area contributed by atoms with Crippen molar-refractivity contribution in [3.05, 3.63) is 17.6 Å². The van der Waals surface area contributed by atoms with E-state index in [9.17, 15) is 4.79 Å². The van der Waals surface area contributed by atoms with Crippen molar-refractivity contribution >= 4 is 11.7 Å². The summed E-state index contributed by atoms with van der Waals surface area (Å²) in [6.07, 6.45) is 3.11. The highest BCUT2D eigenvalue weighted by Crippen LogP contribution is 2.21. The number of nitrogens with zero attached hydrogens (tertiary/aromatic N) is 2. The molecule has 0 saturated heterocycles. The van der Waals surface area contributed by atoms with Gasteiger partial charge in [-0.1, -0.05) is 13.8 Å². The van der Waals surface area contributed by atoms with Crippen LogP contribution in [0.5, 0.6) is 0 Å². The van der Waals surface area contributed by atoms with E-state index in [1.807, 2.05) is 20.0 Å². The van der Waals surface area contributed by atoms with Crippen LogP contribution >= 0.6 is 0 Å². The third-order valence-electron chi connectivity index (χ3n) is 2.28. The molecule has 1 aromatic heterocycles. The predicted octanol–water partition coefficient (Wildman–Crippen LogP) is 1.48. The minimum Gasteiger partial charge on any atom is -0.310 e. The lowest BCUT2D eigenvalue weighted by molar-refractivity contribution is -0.116. The summed E-state index contributed by atoms with van der Waals surface area (Å²) in [7, 11) is 0. The zero-order valence-corrected chi connectivity index (χ0v) is 8.37. The summed E-state index contributed by atoms with van der Waals surface area (Å²) >= 11 is 0. The third-order valence-corrected chi connectivity index (χ3v) is 2.28. The lowest BCUT2D eigenvalue weighted by Crippen LogP contribution is -2.21. The first-order chi connectivity index (χ1) is 6.66. The summed E-state index contributed by atoms with van der Waals surface area (Å²) in [5.41, 5.74) is 1.04. The van der Waals surface area contributed by atoms with E-state index in [0.29, 0.717) is 18.2 Å². The highest BCUT2D eigenvalue weighted by molar-refractivity contribution is 5.92. The van der Waals surface area contributed by atoms with Gasteiger partial charge < -0.3 is 5.32 Å². The highest BCUT2D eigenvalue weighted by atomic mass is 16.1. The number of hydrogen-bond donors (Lipinski definition) is 1. The number of rotatable bonds is 1. The zero-order valence-electron chi connectivity index (χ0n) is 8.37. The van der Waals surface area contributed by atoms with Gasteiger partial charge in [0.1, 0.15) is 11.6 Å². The van der Waals surface area contributed by atoms with Crippen LogP contribution in [0.1, 0.15) is 37.6 Å². The Kier molecular flexibility index (Phi) is 2.19. The van der Waals surface area contributed by atoms with Crippen LogP contribution in [0.2, 0.25) is 0 Å². The molecule has 0 radical (unpaired) electrons. The number of amides is 1. The molecule has 2 heterocycles. The van der Waals surface area contributed by atoms with E-state index in [1.165, 1.54) is 0 Å². The van der Waals surface area contributed by atoms with E-state index < -0.39 is 0 Å². The maximum Gasteiger partial charge on any atom is 0.225 e. The number of fused-ring (bicyclic) bond motifs is 1. The molecule has 0 spiro atoms. The fourth-order valence-electron chi connectivity index (χ4n) is 1.43. The Morgan fingerprint density at radius 3 is 2.93 bits per heavy atom. The standard InChI is InChI=1S/C10H13N3O/c1-6(2)9-11-5-7-3-4-8(14)12-10(7)13-9/h5-6H,3-4H2,1-2H3,(H,11,12,13,14). The van der Waals surface area contributed by atoms with Crippen molar-refractivity contribution in [1.29, 1.82) is 0 Å². The van der Waals surface area contributed by atoms with E-state index in [0.717, 1.165) is 17.8 Å². The Balaban J connectivity index is 2.37. The van der Waals surface area contributed by atoms with E-state index in [4.69, 9.17) is 0 Å². The predicted molar refractivity (Wildman–Crippen MR) is 53.1 cm³/mol. The van der Waals surface area contributed by atoms with Crippen LogP contribution in [-0.2, 0) is 11.2 Å². The maximum absolute atomic E-state index is 11.1. The molecule has 0 unspecified atom stereocenters. The van der Waals surface area contributed by atoms with Crippen LogP contribution in [0.4, 0.5) is 5.82 Å². The van der Waals surface area contributed by atoms with Crippen molar-refractivity contribution in [2.75, 3.05) is 5.32 Å². The van der Waals surface area contributed by atoms with Gasteiger partial charge >= 0.3 is 0 Å². The number of carbonyl (C=O) groups is 1. The van der Waals surface area contributed by atoms with Gasteiger partial charge in [0, 0.05) is 24.1 Å². The van der Waals surface area contributed by atoms with Gasteiger partial charge in [-0.15, -0.1) is 0 Å². The molecule has 2 rings (SSSR count). The number of anilines is 1. The Bertz CT molecular complexity index is 374. The Morgan fingerprint density at radius 2 is 2.21 bits per heavy atom. The number of carbonyl (C=O) groups excluding carboxylic acids is 1. The Hall–Kier alpha value is -1.45. The van der Waals surface area contributed by atoms with Crippen molar-refractivity contribution in [2.45, 2.75) is 32.6 Å². The molecule has 1 amide bonds. The smallest absolute Gasteiger partial charge is 0.225 e. The van der Waals surface area contributed by atoms with E-state index in [2.05, 4.69) is 15.3 Å². The molecule has 1 aromatic rings. The summed E-state index contributed by atoms with van der Waals surface area (Å²) in [5.74, 6) is 1.82. The lowest BCUT2D eigenvalue weighted by atomic mass is 10.1. The molecule has 74 valence electrons. The summed E-state index contributed by atoms with van der Waals surface area (Å²) in [6, 6.07) is 0. The van der Waals surface area contributed by atoms with Crippen LogP contribution in [0.3, 0.4) is 0 Å². The molecule has 1 N–H and O–H groups in total. The first-order valence-electron chi connectivity index (χ1n) is 4.82. The average Bonchev–Trinajstić information content (AvgIpc) is 2.16. The van der Waals surface area contributed by atoms with Crippen LogP contribution in [0.15, 0.2) is 6.20 Å². The molecule has 14 heavy (non-hydrogen) atoms. The summed E-state index contributed by atoms with van der Waals surface area (Å²) in [6.45, 7) is 4.07. The Morgan fingerprint density at radius 1 is 1.43 bits per heavy atom. The number of hydrogen-bond acceptors (Lipinski definition) is 3. The molecule has 1 aliphatic rings. The highest BCUT2D eigenvalue weighted by Gasteiger charge is 2.17. The number of aromatic nitrogens is 2. The second-order valence-corrected chi connectivity index (χ2v) is 3.80. The quantitative estimate of drug-likeness (QED) is 0.731. The van der Waals surface area contributed by atoms with E-state index >= 15 is 0 Å². The van der Waals surface area contributed by atoms with E-state index in [-0.39, 0.29) is 5.91 Å². The molecule has 0 aliphatic carbocycles. The van der Waals surface area contributed by atoms with Crippen LogP contribution < -0.4 is 5.32 Å². The van der Waals surface area contributed by atoms with Crippen LogP contribution in [0.25, 0.3) is 0 Å². The fourth-order valence-corrected chi connectivity index (χ4v) is 1.43. The second-order valence-electron chi connectivity index (χ2n) is 3.80. The van der Waals surface area contributed by atoms with Gasteiger partial charge in [0.2, 0.25) is 5.91 Å². The molecule has 0 bridgehead atoms. The molecule has 0 saturated carbocycles. The van der Waals surface area contributed by atoms with Gasteiger partial charge in [0.25, 0.3) is 0 Å². The summed E-state index contributed by atoms with van der Waals surface area (Å²) < 4.78 is 0. The van der Waals surface area contributed by atoms with Crippen LogP contribution in [0, 0.1) is 0 Å². The molecule has 0 aromatic carbocycles. The SMILES string of the molecule is CC(C)c1ncc2c(n1)NC(=O)CC2. The number of nitrogens with one attached hydrogen (secondary N) is 1. The maximum atomic E-state index is 11.1. The van der Waals surface area contributed by atoms with Crippen molar-refractivity contribution in [3.8, 4) is 0 Å². The molecule has 4 heteroatoms. The minimum absolute atomic E-state index is 0.0471. The zero-order chi connectivity index (χ0) is 10.1. The van der Waals surface area contributed by atoms with Gasteiger partial charge in [-0.3, -0.25) is 4.79 Å². The topological polar surface area (TPSA) is 54.9 Å². The molecular formula is C10H13N3O. The second kappa shape index (κ2) is 3.36. The first kappa shape index (κ1) is 9.12. The molecular weight excluding hydrogens is 178 g/mol. The molecule has 0 fully saturated rings. The van der Waals surface area contributed by atoms with Gasteiger partial charge in [0.15, 0.2) is 0 Å². The van der Waals surface area contributed by atoms with E-state index in [1.54, 1.807) is 0 Å². The fraction of sp³-hybridized carbons (Fsp3) is 0.500. The monoisotopic (exact) mass is 191 g/mol. The minimum atomic E-state index is 0.0471. The van der Waals surface area contributed by atoms with Crippen molar-refractivity contribution in [3.63, 3.8) is 0 Å². The summed E-state index contributed by atoms with van der Waals surface area (Å²) in [5, 5.41) is 2.77. The summed E-state index contributed by atoms with van der Waals surface area (Å²) in [4.78, 5) is 19.7. The van der Waals surface area contributed by atoms with Gasteiger partial charge in [-0.25, -0.2) is 9.97 Å². The van der Waals surface area contributed by atoms with Crippen molar-refractivity contribution in [1.82, 2.24) is 9.97 Å². The third kappa shape index (κ3) is 1.60. The van der Waals surface area contributed by atoms with Gasteiger partial charge in [-0.2, -0.15) is 0 Å². The molecule has 1 aliphatic heterocycles.